The van der Waals surface area contributed by atoms with E-state index in [0.29, 0.717) is 13.0 Å². The van der Waals surface area contributed by atoms with E-state index in [4.69, 9.17) is 0 Å². The summed E-state index contributed by atoms with van der Waals surface area (Å²) in [6, 6.07) is 15.3. The van der Waals surface area contributed by atoms with Crippen molar-refractivity contribution in [3.63, 3.8) is 0 Å². The summed E-state index contributed by atoms with van der Waals surface area (Å²) in [7, 11) is -3.34. The van der Waals surface area contributed by atoms with E-state index in [-0.39, 0.29) is 11.8 Å². The Bertz CT molecular complexity index is 795. The first kappa shape index (κ1) is 16.9. The highest BCUT2D eigenvalue weighted by Crippen LogP contribution is 2.22. The SMILES string of the molecule is O=S(=O)(CCc1ccccc1)NCC(c1cccs1)n1cccn1. The van der Waals surface area contributed by atoms with E-state index < -0.39 is 10.0 Å². The first-order chi connectivity index (χ1) is 11.6. The lowest BCUT2D eigenvalue weighted by molar-refractivity contribution is 0.511. The van der Waals surface area contributed by atoms with Crippen LogP contribution in [0.1, 0.15) is 16.5 Å². The van der Waals surface area contributed by atoms with E-state index in [1.54, 1.807) is 22.2 Å². The van der Waals surface area contributed by atoms with Crippen LogP contribution in [-0.2, 0) is 16.4 Å². The summed E-state index contributed by atoms with van der Waals surface area (Å²) in [5, 5.41) is 6.24. The normalized spacial score (nSPS) is 13.0. The highest BCUT2D eigenvalue weighted by Gasteiger charge is 2.19. The number of nitrogens with zero attached hydrogens (tertiary/aromatic N) is 2. The Balaban J connectivity index is 1.63. The zero-order chi connectivity index (χ0) is 16.8. The minimum atomic E-state index is -3.34. The van der Waals surface area contributed by atoms with Gasteiger partial charge in [0, 0.05) is 23.8 Å². The number of hydrogen-bond donors (Lipinski definition) is 1. The maximum absolute atomic E-state index is 12.3. The smallest absolute Gasteiger partial charge is 0.212 e. The third-order valence-corrected chi connectivity index (χ3v) is 6.04. The first-order valence-electron chi connectivity index (χ1n) is 7.68. The third kappa shape index (κ3) is 4.53. The molecule has 2 aromatic heterocycles. The Morgan fingerprint density at radius 2 is 1.96 bits per heavy atom. The number of benzene rings is 1. The van der Waals surface area contributed by atoms with Crippen LogP contribution < -0.4 is 4.72 Å². The van der Waals surface area contributed by atoms with E-state index in [1.807, 2.05) is 60.1 Å². The zero-order valence-electron chi connectivity index (χ0n) is 13.1. The predicted octanol–water partition coefficient (Wildman–Crippen LogP) is 2.70. The highest BCUT2D eigenvalue weighted by atomic mass is 32.2. The van der Waals surface area contributed by atoms with Crippen molar-refractivity contribution in [3.05, 3.63) is 76.7 Å². The lowest BCUT2D eigenvalue weighted by atomic mass is 10.2. The van der Waals surface area contributed by atoms with Crippen molar-refractivity contribution in [1.29, 1.82) is 0 Å². The van der Waals surface area contributed by atoms with Crippen LogP contribution in [0, 0.1) is 0 Å². The number of hydrogen-bond acceptors (Lipinski definition) is 4. The van der Waals surface area contributed by atoms with Crippen LogP contribution in [0.25, 0.3) is 0 Å². The topological polar surface area (TPSA) is 64.0 Å². The molecule has 0 aliphatic carbocycles. The average Bonchev–Trinajstić information content (AvgIpc) is 3.28. The number of sulfonamides is 1. The van der Waals surface area contributed by atoms with Crippen molar-refractivity contribution >= 4 is 21.4 Å². The Labute approximate surface area is 146 Å². The van der Waals surface area contributed by atoms with Crippen molar-refractivity contribution in [2.75, 3.05) is 12.3 Å². The number of rotatable bonds is 8. The molecule has 0 aliphatic rings. The monoisotopic (exact) mass is 361 g/mol. The summed E-state index contributed by atoms with van der Waals surface area (Å²) in [6.45, 7) is 0.291. The molecule has 126 valence electrons. The molecular formula is C17H19N3O2S2. The van der Waals surface area contributed by atoms with Gasteiger partial charge in [-0.3, -0.25) is 4.68 Å². The molecule has 0 spiro atoms. The van der Waals surface area contributed by atoms with Gasteiger partial charge in [0.15, 0.2) is 0 Å². The van der Waals surface area contributed by atoms with E-state index in [1.165, 1.54) is 0 Å². The molecule has 0 saturated carbocycles. The average molecular weight is 361 g/mol. The molecule has 0 fully saturated rings. The molecule has 7 heteroatoms. The van der Waals surface area contributed by atoms with Crippen molar-refractivity contribution in [2.45, 2.75) is 12.5 Å². The predicted molar refractivity (Wildman–Crippen MR) is 96.6 cm³/mol. The number of aromatic nitrogens is 2. The van der Waals surface area contributed by atoms with Crippen molar-refractivity contribution in [2.24, 2.45) is 0 Å². The molecule has 0 amide bonds. The summed E-state index contributed by atoms with van der Waals surface area (Å²) in [5.74, 6) is 0.0767. The minimum Gasteiger partial charge on any atom is -0.263 e. The zero-order valence-corrected chi connectivity index (χ0v) is 14.7. The quantitative estimate of drug-likeness (QED) is 0.671. The van der Waals surface area contributed by atoms with Gasteiger partial charge in [-0.1, -0.05) is 36.4 Å². The second-order valence-corrected chi connectivity index (χ2v) is 8.33. The van der Waals surface area contributed by atoms with Gasteiger partial charge < -0.3 is 0 Å². The van der Waals surface area contributed by atoms with Gasteiger partial charge in [0.2, 0.25) is 10.0 Å². The van der Waals surface area contributed by atoms with Crippen molar-refractivity contribution < 1.29 is 8.42 Å². The van der Waals surface area contributed by atoms with Crippen molar-refractivity contribution in [1.82, 2.24) is 14.5 Å². The summed E-state index contributed by atoms with van der Waals surface area (Å²) in [5.41, 5.74) is 1.02. The lowest BCUT2D eigenvalue weighted by Crippen LogP contribution is -2.33. The fourth-order valence-corrected chi connectivity index (χ4v) is 4.33. The Kier molecular flexibility index (Phi) is 5.44. The van der Waals surface area contributed by atoms with Gasteiger partial charge >= 0.3 is 0 Å². The largest absolute Gasteiger partial charge is 0.263 e. The molecule has 2 heterocycles. The fraction of sp³-hybridized carbons (Fsp3) is 0.235. The maximum atomic E-state index is 12.3. The molecule has 3 rings (SSSR count). The van der Waals surface area contributed by atoms with Gasteiger partial charge in [0.1, 0.15) is 0 Å². The highest BCUT2D eigenvalue weighted by molar-refractivity contribution is 7.89. The summed E-state index contributed by atoms with van der Waals surface area (Å²) >= 11 is 1.59. The summed E-state index contributed by atoms with van der Waals surface area (Å²) < 4.78 is 29.1. The van der Waals surface area contributed by atoms with Crippen LogP contribution in [0.3, 0.4) is 0 Å². The molecule has 5 nitrogen and oxygen atoms in total. The molecule has 0 aliphatic heterocycles. The molecule has 1 unspecified atom stereocenters. The van der Waals surface area contributed by atoms with Gasteiger partial charge in [-0.15, -0.1) is 11.3 Å². The van der Waals surface area contributed by atoms with Crippen LogP contribution in [0.4, 0.5) is 0 Å². The van der Waals surface area contributed by atoms with E-state index in [0.717, 1.165) is 10.4 Å². The molecule has 1 atom stereocenters. The maximum Gasteiger partial charge on any atom is 0.212 e. The standard InChI is InChI=1S/C17H19N3O2S2/c21-24(22,13-9-15-6-2-1-3-7-15)19-14-16(17-8-4-12-23-17)20-11-5-10-18-20/h1-8,10-12,16,19H,9,13-14H2. The molecule has 24 heavy (non-hydrogen) atoms. The van der Waals surface area contributed by atoms with Gasteiger partial charge in [-0.05, 0) is 29.5 Å². The van der Waals surface area contributed by atoms with Gasteiger partial charge in [-0.25, -0.2) is 13.1 Å². The van der Waals surface area contributed by atoms with Crippen LogP contribution in [0.2, 0.25) is 0 Å². The van der Waals surface area contributed by atoms with Gasteiger partial charge in [0.05, 0.1) is 11.8 Å². The van der Waals surface area contributed by atoms with E-state index in [9.17, 15) is 8.42 Å². The Morgan fingerprint density at radius 3 is 2.62 bits per heavy atom. The number of aryl methyl sites for hydroxylation is 1. The molecule has 1 N–H and O–H groups in total. The van der Waals surface area contributed by atoms with E-state index >= 15 is 0 Å². The van der Waals surface area contributed by atoms with Gasteiger partial charge in [0.25, 0.3) is 0 Å². The van der Waals surface area contributed by atoms with Crippen LogP contribution >= 0.6 is 11.3 Å². The Morgan fingerprint density at radius 1 is 1.12 bits per heavy atom. The van der Waals surface area contributed by atoms with Crippen molar-refractivity contribution in [3.8, 4) is 0 Å². The van der Waals surface area contributed by atoms with Crippen LogP contribution in [0.5, 0.6) is 0 Å². The van der Waals surface area contributed by atoms with Gasteiger partial charge in [-0.2, -0.15) is 5.10 Å². The van der Waals surface area contributed by atoms with Crippen LogP contribution in [-0.4, -0.2) is 30.5 Å². The molecule has 0 saturated heterocycles. The second-order valence-electron chi connectivity index (χ2n) is 5.42. The third-order valence-electron chi connectivity index (χ3n) is 3.71. The molecule has 0 bridgehead atoms. The first-order valence-corrected chi connectivity index (χ1v) is 10.2. The minimum absolute atomic E-state index is 0.0767. The summed E-state index contributed by atoms with van der Waals surface area (Å²) in [4.78, 5) is 1.07. The number of thiophene rings is 1. The Hall–Kier alpha value is -1.96. The second kappa shape index (κ2) is 7.74. The molecular weight excluding hydrogens is 342 g/mol. The molecule has 0 radical (unpaired) electrons. The van der Waals surface area contributed by atoms with E-state index in [2.05, 4.69) is 9.82 Å². The lowest BCUT2D eigenvalue weighted by Gasteiger charge is -2.17. The molecule has 3 aromatic rings. The number of nitrogens with one attached hydrogen (secondary N) is 1. The summed E-state index contributed by atoms with van der Waals surface area (Å²) in [6.07, 6.45) is 4.05. The van der Waals surface area contributed by atoms with Crippen LogP contribution in [0.15, 0.2) is 66.3 Å². The molecule has 1 aromatic carbocycles. The fourth-order valence-electron chi connectivity index (χ4n) is 2.45.